The Kier molecular flexibility index (Phi) is 4.92. The Morgan fingerprint density at radius 3 is 2.35 bits per heavy atom. The number of hydrogen-bond acceptors (Lipinski definition) is 5. The van der Waals surface area contributed by atoms with Crippen molar-refractivity contribution in [1.82, 2.24) is 10.5 Å². The first kappa shape index (κ1) is 16.2. The summed E-state index contributed by atoms with van der Waals surface area (Å²) in [5.41, 5.74) is 0.00568. The van der Waals surface area contributed by atoms with Crippen molar-refractivity contribution in [1.29, 1.82) is 0 Å². The molecule has 6 nitrogen and oxygen atoms in total. The van der Waals surface area contributed by atoms with E-state index >= 15 is 0 Å². The van der Waals surface area contributed by atoms with Gasteiger partial charge >= 0.3 is 5.97 Å². The van der Waals surface area contributed by atoms with Crippen LogP contribution in [0.15, 0.2) is 10.6 Å². The first-order valence-electron chi connectivity index (χ1n) is 6.57. The van der Waals surface area contributed by atoms with Crippen LogP contribution in [0, 0.1) is 12.8 Å². The highest BCUT2D eigenvalue weighted by atomic mass is 16.6. The summed E-state index contributed by atoms with van der Waals surface area (Å²) in [7, 11) is 0. The third-order valence-electron chi connectivity index (χ3n) is 2.47. The molecule has 0 aromatic carbocycles. The molecule has 1 atom stereocenters. The molecule has 1 amide bonds. The molecule has 0 aliphatic heterocycles. The molecule has 0 spiro atoms. The summed E-state index contributed by atoms with van der Waals surface area (Å²) in [6, 6.07) is 0.786. The molecule has 0 saturated carbocycles. The number of aryl methyl sites for hydroxylation is 1. The van der Waals surface area contributed by atoms with Gasteiger partial charge in [-0.25, -0.2) is 4.79 Å². The maximum atomic E-state index is 12.1. The predicted octanol–water partition coefficient (Wildman–Crippen LogP) is 2.08. The Hall–Kier alpha value is -1.85. The Balaban J connectivity index is 2.77. The molecule has 1 N–H and O–H groups in total. The molecule has 0 unspecified atom stereocenters. The number of carbonyl (C=O) groups excluding carboxylic acids is 2. The molecular formula is C14H22N2O4. The van der Waals surface area contributed by atoms with E-state index in [1.165, 1.54) is 6.07 Å². The van der Waals surface area contributed by atoms with Crippen LogP contribution in [0.1, 0.15) is 50.9 Å². The summed E-state index contributed by atoms with van der Waals surface area (Å²) < 4.78 is 10.2. The number of nitrogens with zero attached hydrogens (tertiary/aromatic N) is 1. The van der Waals surface area contributed by atoms with Gasteiger partial charge in [-0.1, -0.05) is 19.0 Å². The fraction of sp³-hybridized carbons (Fsp3) is 0.643. The largest absolute Gasteiger partial charge is 0.458 e. The van der Waals surface area contributed by atoms with Crippen molar-refractivity contribution >= 4 is 11.9 Å². The second kappa shape index (κ2) is 6.07. The van der Waals surface area contributed by atoms with Gasteiger partial charge in [0.1, 0.15) is 11.6 Å². The lowest BCUT2D eigenvalue weighted by Gasteiger charge is -2.26. The van der Waals surface area contributed by atoms with Gasteiger partial charge in [-0.05, 0) is 33.6 Å². The molecule has 1 heterocycles. The van der Waals surface area contributed by atoms with Crippen LogP contribution >= 0.6 is 0 Å². The van der Waals surface area contributed by atoms with Crippen LogP contribution in [0.4, 0.5) is 0 Å². The van der Waals surface area contributed by atoms with Crippen molar-refractivity contribution in [2.24, 2.45) is 5.92 Å². The number of carbonyl (C=O) groups is 2. The highest BCUT2D eigenvalue weighted by Crippen LogP contribution is 2.13. The first-order valence-corrected chi connectivity index (χ1v) is 6.57. The van der Waals surface area contributed by atoms with Gasteiger partial charge < -0.3 is 14.6 Å². The summed E-state index contributed by atoms with van der Waals surface area (Å²) in [4.78, 5) is 24.1. The van der Waals surface area contributed by atoms with Gasteiger partial charge in [0, 0.05) is 6.07 Å². The van der Waals surface area contributed by atoms with Crippen LogP contribution in [0.2, 0.25) is 0 Å². The number of amides is 1. The van der Waals surface area contributed by atoms with Gasteiger partial charge in [0.15, 0.2) is 0 Å². The Labute approximate surface area is 118 Å². The third-order valence-corrected chi connectivity index (χ3v) is 2.47. The van der Waals surface area contributed by atoms with Crippen LogP contribution in [-0.4, -0.2) is 28.7 Å². The van der Waals surface area contributed by atoms with Crippen LogP contribution in [0.25, 0.3) is 0 Å². The SMILES string of the molecule is Cc1cc(C(=O)N[C@H](C(=O)OC(C)(C)C)C(C)C)on1. The Bertz CT molecular complexity index is 486. The van der Waals surface area contributed by atoms with Gasteiger partial charge in [-0.15, -0.1) is 0 Å². The zero-order valence-corrected chi connectivity index (χ0v) is 12.8. The van der Waals surface area contributed by atoms with Crippen LogP contribution in [-0.2, 0) is 9.53 Å². The van der Waals surface area contributed by atoms with E-state index in [9.17, 15) is 9.59 Å². The number of esters is 1. The Morgan fingerprint density at radius 1 is 1.35 bits per heavy atom. The number of ether oxygens (including phenoxy) is 1. The Morgan fingerprint density at radius 2 is 1.95 bits per heavy atom. The van der Waals surface area contributed by atoms with Crippen molar-refractivity contribution < 1.29 is 18.8 Å². The minimum Gasteiger partial charge on any atom is -0.458 e. The predicted molar refractivity (Wildman–Crippen MR) is 73.2 cm³/mol. The summed E-state index contributed by atoms with van der Waals surface area (Å²) in [5, 5.41) is 6.26. The smallest absolute Gasteiger partial charge is 0.329 e. The molecule has 1 aromatic rings. The number of nitrogens with one attached hydrogen (secondary N) is 1. The zero-order valence-electron chi connectivity index (χ0n) is 12.8. The lowest BCUT2D eigenvalue weighted by atomic mass is 10.0. The molecule has 20 heavy (non-hydrogen) atoms. The number of aromatic nitrogens is 1. The van der Waals surface area contributed by atoms with Crippen molar-refractivity contribution in [3.8, 4) is 0 Å². The summed E-state index contributed by atoms with van der Waals surface area (Å²) in [6.07, 6.45) is 0. The molecule has 6 heteroatoms. The zero-order chi connectivity index (χ0) is 15.5. The quantitative estimate of drug-likeness (QED) is 0.855. The van der Waals surface area contributed by atoms with E-state index in [0.717, 1.165) is 0 Å². The fourth-order valence-electron chi connectivity index (χ4n) is 1.55. The first-order chi connectivity index (χ1) is 9.10. The second-order valence-electron chi connectivity index (χ2n) is 6.06. The lowest BCUT2D eigenvalue weighted by Crippen LogP contribution is -2.47. The van der Waals surface area contributed by atoms with E-state index in [4.69, 9.17) is 9.26 Å². The van der Waals surface area contributed by atoms with E-state index < -0.39 is 23.5 Å². The van der Waals surface area contributed by atoms with Gasteiger partial charge in [0.25, 0.3) is 5.91 Å². The van der Waals surface area contributed by atoms with E-state index in [2.05, 4.69) is 10.5 Å². The molecule has 0 aliphatic carbocycles. The summed E-state index contributed by atoms with van der Waals surface area (Å²) in [5.74, 6) is -0.957. The molecule has 0 fully saturated rings. The number of rotatable bonds is 4. The molecule has 1 aromatic heterocycles. The van der Waals surface area contributed by atoms with Crippen LogP contribution in [0.3, 0.4) is 0 Å². The highest BCUT2D eigenvalue weighted by Gasteiger charge is 2.30. The molecule has 0 bridgehead atoms. The van der Waals surface area contributed by atoms with E-state index in [1.54, 1.807) is 27.7 Å². The maximum Gasteiger partial charge on any atom is 0.329 e. The average molecular weight is 282 g/mol. The van der Waals surface area contributed by atoms with Gasteiger partial charge in [-0.2, -0.15) is 0 Å². The molecular weight excluding hydrogens is 260 g/mol. The van der Waals surface area contributed by atoms with Gasteiger partial charge in [-0.3, -0.25) is 4.79 Å². The molecule has 1 rings (SSSR count). The minimum absolute atomic E-state index is 0.0803. The standard InChI is InChI=1S/C14H22N2O4/c1-8(2)11(13(18)19-14(4,5)6)15-12(17)10-7-9(3)16-20-10/h7-8,11H,1-6H3,(H,15,17)/t11-/m0/s1. The van der Waals surface area contributed by atoms with E-state index in [1.807, 2.05) is 13.8 Å². The average Bonchev–Trinajstić information content (AvgIpc) is 2.69. The monoisotopic (exact) mass is 282 g/mol. The minimum atomic E-state index is -0.730. The number of hydrogen-bond donors (Lipinski definition) is 1. The topological polar surface area (TPSA) is 81.4 Å². The molecule has 0 saturated heterocycles. The molecule has 0 radical (unpaired) electrons. The highest BCUT2D eigenvalue weighted by molar-refractivity contribution is 5.94. The van der Waals surface area contributed by atoms with E-state index in [0.29, 0.717) is 5.69 Å². The van der Waals surface area contributed by atoms with Crippen molar-refractivity contribution in [2.45, 2.75) is 53.2 Å². The van der Waals surface area contributed by atoms with Crippen molar-refractivity contribution in [2.75, 3.05) is 0 Å². The normalized spacial score (nSPS) is 13.2. The molecule has 0 aliphatic rings. The van der Waals surface area contributed by atoms with Crippen LogP contribution < -0.4 is 5.32 Å². The van der Waals surface area contributed by atoms with Crippen LogP contribution in [0.5, 0.6) is 0 Å². The van der Waals surface area contributed by atoms with Gasteiger partial charge in [0.2, 0.25) is 5.76 Å². The molecule has 112 valence electrons. The van der Waals surface area contributed by atoms with Crippen molar-refractivity contribution in [3.05, 3.63) is 17.5 Å². The lowest BCUT2D eigenvalue weighted by molar-refractivity contribution is -0.158. The second-order valence-corrected chi connectivity index (χ2v) is 6.06. The summed E-state index contributed by atoms with van der Waals surface area (Å²) in [6.45, 7) is 10.7. The maximum absolute atomic E-state index is 12.1. The van der Waals surface area contributed by atoms with Gasteiger partial charge in [0.05, 0.1) is 5.69 Å². The van der Waals surface area contributed by atoms with Crippen molar-refractivity contribution in [3.63, 3.8) is 0 Å². The van der Waals surface area contributed by atoms with E-state index in [-0.39, 0.29) is 11.7 Å². The fourth-order valence-corrected chi connectivity index (χ4v) is 1.55. The summed E-state index contributed by atoms with van der Waals surface area (Å²) >= 11 is 0. The third kappa shape index (κ3) is 4.68.